The van der Waals surface area contributed by atoms with Crippen LogP contribution in [-0.4, -0.2) is 15.0 Å². The summed E-state index contributed by atoms with van der Waals surface area (Å²) in [4.78, 5) is 10.6. The molecule has 0 radical (unpaired) electrons. The number of benzene rings is 1. The predicted molar refractivity (Wildman–Crippen MR) is 65.4 cm³/mol. The number of anilines is 2. The molecule has 0 aliphatic carbocycles. The van der Waals surface area contributed by atoms with Crippen LogP contribution in [0.3, 0.4) is 0 Å². The molecule has 1 aromatic carbocycles. The largest absolute Gasteiger partial charge is 0.369 e. The van der Waals surface area contributed by atoms with Crippen molar-refractivity contribution in [2.45, 2.75) is 6.54 Å². The van der Waals surface area contributed by atoms with Gasteiger partial charge in [0.15, 0.2) is 0 Å². The quantitative estimate of drug-likeness (QED) is 0.703. The minimum Gasteiger partial charge on any atom is -0.369 e. The second-order valence-electron chi connectivity index (χ2n) is 3.20. The van der Waals surface area contributed by atoms with Crippen LogP contribution < -0.4 is 11.1 Å². The number of nitrogen functional groups attached to an aromatic ring is 1. The molecule has 2 aromatic rings. The lowest BCUT2D eigenvalue weighted by molar-refractivity contribution is 0.998. The Labute approximate surface area is 97.8 Å². The summed E-state index contributed by atoms with van der Waals surface area (Å²) in [7, 11) is 0. The van der Waals surface area contributed by atoms with Crippen LogP contribution >= 0.6 is 12.2 Å². The van der Waals surface area contributed by atoms with Gasteiger partial charge in [0.1, 0.15) is 0 Å². The number of aromatic amines is 1. The molecule has 0 saturated carbocycles. The van der Waals surface area contributed by atoms with Crippen LogP contribution in [0.15, 0.2) is 30.3 Å². The molecule has 0 spiro atoms. The molecule has 16 heavy (non-hydrogen) atoms. The molecule has 0 aliphatic rings. The number of nitrogens with two attached hydrogens (primary N) is 1. The van der Waals surface area contributed by atoms with Crippen molar-refractivity contribution >= 4 is 24.1 Å². The molecule has 0 fully saturated rings. The zero-order valence-corrected chi connectivity index (χ0v) is 9.29. The highest BCUT2D eigenvalue weighted by atomic mass is 32.1. The molecule has 0 bridgehead atoms. The minimum atomic E-state index is 0.229. The standard InChI is InChI=1S/C10H11N5S/c11-8-13-9(15-10(16)14-8)12-6-7-4-2-1-3-5-7/h1-5H,6H2,(H4,11,12,13,14,15,16). The number of aromatic nitrogens is 3. The van der Waals surface area contributed by atoms with Crippen molar-refractivity contribution in [2.75, 3.05) is 11.1 Å². The number of hydrogen-bond donors (Lipinski definition) is 3. The molecular weight excluding hydrogens is 222 g/mol. The average Bonchev–Trinajstić information content (AvgIpc) is 2.27. The third kappa shape index (κ3) is 2.77. The molecule has 1 aromatic heterocycles. The molecule has 0 amide bonds. The van der Waals surface area contributed by atoms with Crippen molar-refractivity contribution in [1.29, 1.82) is 0 Å². The van der Waals surface area contributed by atoms with Gasteiger partial charge < -0.3 is 11.1 Å². The summed E-state index contributed by atoms with van der Waals surface area (Å²) >= 11 is 4.86. The Morgan fingerprint density at radius 1 is 1.25 bits per heavy atom. The van der Waals surface area contributed by atoms with Gasteiger partial charge in [-0.05, 0) is 17.8 Å². The smallest absolute Gasteiger partial charge is 0.225 e. The summed E-state index contributed by atoms with van der Waals surface area (Å²) < 4.78 is 0.229. The molecule has 1 heterocycles. The van der Waals surface area contributed by atoms with Gasteiger partial charge in [0.2, 0.25) is 16.7 Å². The van der Waals surface area contributed by atoms with Crippen molar-refractivity contribution in [1.82, 2.24) is 15.0 Å². The third-order valence-electron chi connectivity index (χ3n) is 1.97. The molecule has 82 valence electrons. The normalized spacial score (nSPS) is 10.0. The van der Waals surface area contributed by atoms with Crippen molar-refractivity contribution in [3.8, 4) is 0 Å². The Hall–Kier alpha value is -1.95. The average molecular weight is 233 g/mol. The fourth-order valence-corrected chi connectivity index (χ4v) is 1.46. The summed E-state index contributed by atoms with van der Waals surface area (Å²) in [5.41, 5.74) is 6.67. The highest BCUT2D eigenvalue weighted by Gasteiger charge is 1.97. The summed E-state index contributed by atoms with van der Waals surface area (Å²) in [6.45, 7) is 0.655. The Morgan fingerprint density at radius 2 is 2.00 bits per heavy atom. The number of rotatable bonds is 3. The van der Waals surface area contributed by atoms with Crippen molar-refractivity contribution < 1.29 is 0 Å². The van der Waals surface area contributed by atoms with E-state index in [2.05, 4.69) is 20.3 Å². The van der Waals surface area contributed by atoms with Gasteiger partial charge in [-0.3, -0.25) is 4.98 Å². The molecule has 4 N–H and O–H groups in total. The number of H-pyrrole nitrogens is 1. The van der Waals surface area contributed by atoms with Gasteiger partial charge >= 0.3 is 0 Å². The first kappa shape index (κ1) is 10.6. The van der Waals surface area contributed by atoms with E-state index >= 15 is 0 Å². The lowest BCUT2D eigenvalue weighted by Gasteiger charge is -2.05. The molecular formula is C10H11N5S. The van der Waals surface area contributed by atoms with Crippen LogP contribution in [0.4, 0.5) is 11.9 Å². The maximum absolute atomic E-state index is 5.52. The fraction of sp³-hybridized carbons (Fsp3) is 0.100. The number of nitrogens with one attached hydrogen (secondary N) is 2. The van der Waals surface area contributed by atoms with Crippen LogP contribution in [0.25, 0.3) is 0 Å². The SMILES string of the molecule is Nc1nc(=S)nc(NCc2ccccc2)[nH]1. The first-order valence-corrected chi connectivity index (χ1v) is 5.16. The Bertz CT molecular complexity index is 522. The van der Waals surface area contributed by atoms with Gasteiger partial charge in [0, 0.05) is 6.54 Å². The lowest BCUT2D eigenvalue weighted by Crippen LogP contribution is -2.06. The minimum absolute atomic E-state index is 0.229. The van der Waals surface area contributed by atoms with Gasteiger partial charge in [0.25, 0.3) is 0 Å². The summed E-state index contributed by atoms with van der Waals surface area (Å²) in [6, 6.07) is 9.97. The Balaban J connectivity index is 2.08. The van der Waals surface area contributed by atoms with Crippen LogP contribution in [0.2, 0.25) is 0 Å². The van der Waals surface area contributed by atoms with E-state index in [1.54, 1.807) is 0 Å². The second-order valence-corrected chi connectivity index (χ2v) is 3.57. The fourth-order valence-electron chi connectivity index (χ4n) is 1.27. The van der Waals surface area contributed by atoms with E-state index in [0.29, 0.717) is 12.5 Å². The Morgan fingerprint density at radius 3 is 2.69 bits per heavy atom. The van der Waals surface area contributed by atoms with Gasteiger partial charge in [0.05, 0.1) is 0 Å². The summed E-state index contributed by atoms with van der Waals surface area (Å²) in [5.74, 6) is 0.789. The zero-order valence-electron chi connectivity index (χ0n) is 8.47. The van der Waals surface area contributed by atoms with Gasteiger partial charge in [-0.15, -0.1) is 0 Å². The van der Waals surface area contributed by atoms with E-state index in [1.165, 1.54) is 0 Å². The highest BCUT2D eigenvalue weighted by Crippen LogP contribution is 2.04. The monoisotopic (exact) mass is 233 g/mol. The number of hydrogen-bond acceptors (Lipinski definition) is 5. The first-order valence-electron chi connectivity index (χ1n) is 4.76. The van der Waals surface area contributed by atoms with E-state index in [4.69, 9.17) is 18.0 Å². The van der Waals surface area contributed by atoms with Gasteiger partial charge in [-0.25, -0.2) is 0 Å². The molecule has 0 atom stereocenters. The molecule has 6 heteroatoms. The van der Waals surface area contributed by atoms with Crippen LogP contribution in [0.5, 0.6) is 0 Å². The Kier molecular flexibility index (Phi) is 3.11. The van der Waals surface area contributed by atoms with Crippen molar-refractivity contribution in [2.24, 2.45) is 0 Å². The van der Waals surface area contributed by atoms with Crippen LogP contribution in [-0.2, 0) is 6.54 Å². The van der Waals surface area contributed by atoms with E-state index in [-0.39, 0.29) is 10.7 Å². The van der Waals surface area contributed by atoms with E-state index in [0.717, 1.165) is 5.56 Å². The zero-order chi connectivity index (χ0) is 11.4. The van der Waals surface area contributed by atoms with Crippen LogP contribution in [0, 0.1) is 4.77 Å². The van der Waals surface area contributed by atoms with Crippen molar-refractivity contribution in [3.05, 3.63) is 40.7 Å². The summed E-state index contributed by atoms with van der Waals surface area (Å²) in [6.07, 6.45) is 0. The van der Waals surface area contributed by atoms with Gasteiger partial charge in [-0.1, -0.05) is 30.3 Å². The van der Waals surface area contributed by atoms with Gasteiger partial charge in [-0.2, -0.15) is 9.97 Å². The van der Waals surface area contributed by atoms with E-state index < -0.39 is 0 Å². The molecule has 5 nitrogen and oxygen atoms in total. The first-order chi connectivity index (χ1) is 7.74. The summed E-state index contributed by atoms with van der Waals surface area (Å²) in [5, 5.41) is 3.09. The maximum atomic E-state index is 5.52. The highest BCUT2D eigenvalue weighted by molar-refractivity contribution is 7.71. The lowest BCUT2D eigenvalue weighted by atomic mass is 10.2. The van der Waals surface area contributed by atoms with Crippen LogP contribution in [0.1, 0.15) is 5.56 Å². The molecule has 0 unspecified atom stereocenters. The van der Waals surface area contributed by atoms with E-state index in [1.807, 2.05) is 30.3 Å². The number of nitrogens with zero attached hydrogens (tertiary/aromatic N) is 2. The topological polar surface area (TPSA) is 79.6 Å². The van der Waals surface area contributed by atoms with E-state index in [9.17, 15) is 0 Å². The molecule has 0 saturated heterocycles. The van der Waals surface area contributed by atoms with Crippen molar-refractivity contribution in [3.63, 3.8) is 0 Å². The molecule has 2 rings (SSSR count). The molecule has 0 aliphatic heterocycles. The second kappa shape index (κ2) is 4.71. The predicted octanol–water partition coefficient (Wildman–Crippen LogP) is 1.73. The maximum Gasteiger partial charge on any atom is 0.225 e. The third-order valence-corrected chi connectivity index (χ3v) is 2.16.